The molecule has 2 N–H and O–H groups in total. The van der Waals surface area contributed by atoms with Gasteiger partial charge in [0.1, 0.15) is 5.82 Å². The molecule has 0 bridgehead atoms. The van der Waals surface area contributed by atoms with E-state index in [4.69, 9.17) is 0 Å². The molecule has 0 spiro atoms. The summed E-state index contributed by atoms with van der Waals surface area (Å²) in [5.41, 5.74) is 1.64. The molecule has 1 amide bonds. The van der Waals surface area contributed by atoms with Gasteiger partial charge in [-0.3, -0.25) is 4.79 Å². The van der Waals surface area contributed by atoms with Crippen LogP contribution in [-0.4, -0.2) is 23.7 Å². The van der Waals surface area contributed by atoms with Crippen LogP contribution in [0, 0.1) is 11.7 Å². The number of hydrogen-bond donors (Lipinski definition) is 2. The predicted octanol–water partition coefficient (Wildman–Crippen LogP) is 2.65. The Morgan fingerprint density at radius 2 is 1.87 bits per heavy atom. The van der Waals surface area contributed by atoms with Gasteiger partial charge in [-0.1, -0.05) is 48.5 Å². The quantitative estimate of drug-likeness (QED) is 0.861. The molecule has 3 atom stereocenters. The van der Waals surface area contributed by atoms with Crippen LogP contribution in [-0.2, 0) is 11.2 Å². The summed E-state index contributed by atoms with van der Waals surface area (Å²) in [4.78, 5) is 12.1. The summed E-state index contributed by atoms with van der Waals surface area (Å²) in [7, 11) is 0. The predicted molar refractivity (Wildman–Crippen MR) is 86.4 cm³/mol. The van der Waals surface area contributed by atoms with Gasteiger partial charge in [0.15, 0.2) is 0 Å². The molecule has 1 aliphatic rings. The number of rotatable bonds is 6. The van der Waals surface area contributed by atoms with Gasteiger partial charge >= 0.3 is 0 Å². The molecular formula is C19H20FNO2. The molecule has 3 nitrogen and oxygen atoms in total. The molecule has 2 aromatic rings. The third-order valence-electron chi connectivity index (χ3n) is 4.26. The molecule has 0 aliphatic heterocycles. The average molecular weight is 313 g/mol. The minimum atomic E-state index is -0.619. The Hall–Kier alpha value is -2.20. The molecule has 1 fully saturated rings. The van der Waals surface area contributed by atoms with Crippen LogP contribution in [0.5, 0.6) is 0 Å². The highest BCUT2D eigenvalue weighted by Crippen LogP contribution is 2.48. The lowest BCUT2D eigenvalue weighted by atomic mass is 10.1. The van der Waals surface area contributed by atoms with Crippen molar-refractivity contribution in [2.24, 2.45) is 5.92 Å². The Kier molecular flexibility index (Phi) is 4.72. The van der Waals surface area contributed by atoms with Crippen LogP contribution in [0.25, 0.3) is 0 Å². The Labute approximate surface area is 135 Å². The molecule has 23 heavy (non-hydrogen) atoms. The number of halogens is 1. The third kappa shape index (κ3) is 3.96. The fourth-order valence-electron chi connectivity index (χ4n) is 2.91. The Balaban J connectivity index is 1.47. The first kappa shape index (κ1) is 15.7. The van der Waals surface area contributed by atoms with Gasteiger partial charge in [0.25, 0.3) is 0 Å². The molecule has 0 heterocycles. The van der Waals surface area contributed by atoms with Crippen LogP contribution in [0.15, 0.2) is 54.6 Å². The van der Waals surface area contributed by atoms with Gasteiger partial charge < -0.3 is 10.4 Å². The van der Waals surface area contributed by atoms with E-state index in [0.717, 1.165) is 5.56 Å². The number of benzene rings is 2. The fraction of sp³-hybridized carbons (Fsp3) is 0.316. The summed E-state index contributed by atoms with van der Waals surface area (Å²) in [6, 6.07) is 16.2. The maximum Gasteiger partial charge on any atom is 0.223 e. The number of hydrogen-bond acceptors (Lipinski definition) is 2. The summed E-state index contributed by atoms with van der Waals surface area (Å²) in [6.07, 6.45) is 0.552. The van der Waals surface area contributed by atoms with E-state index in [-0.39, 0.29) is 30.1 Å². The molecule has 2 aromatic carbocycles. The van der Waals surface area contributed by atoms with Crippen LogP contribution >= 0.6 is 0 Å². The van der Waals surface area contributed by atoms with Gasteiger partial charge in [-0.25, -0.2) is 4.39 Å². The van der Waals surface area contributed by atoms with Crippen molar-refractivity contribution in [3.05, 3.63) is 71.5 Å². The van der Waals surface area contributed by atoms with Crippen molar-refractivity contribution in [2.45, 2.75) is 24.9 Å². The van der Waals surface area contributed by atoms with Gasteiger partial charge in [0.2, 0.25) is 5.91 Å². The summed E-state index contributed by atoms with van der Waals surface area (Å²) < 4.78 is 13.7. The number of nitrogens with one attached hydrogen (secondary N) is 1. The number of carbonyl (C=O) groups is 1. The van der Waals surface area contributed by atoms with Crippen molar-refractivity contribution in [1.29, 1.82) is 0 Å². The first-order chi connectivity index (χ1) is 11.1. The SMILES string of the molecule is O=C(NCC(O)Cc1ccccc1)C1CC1c1ccccc1F. The molecule has 0 radical (unpaired) electrons. The summed E-state index contributed by atoms with van der Waals surface area (Å²) in [5, 5.41) is 12.8. The molecule has 1 aliphatic carbocycles. The normalized spacial score (nSPS) is 20.8. The molecule has 3 rings (SSSR count). The second-order valence-corrected chi connectivity index (χ2v) is 6.06. The van der Waals surface area contributed by atoms with E-state index < -0.39 is 6.10 Å². The summed E-state index contributed by atoms with van der Waals surface area (Å²) in [5.74, 6) is -0.583. The van der Waals surface area contributed by atoms with E-state index in [9.17, 15) is 14.3 Å². The number of aliphatic hydroxyl groups excluding tert-OH is 1. The van der Waals surface area contributed by atoms with Gasteiger partial charge in [-0.05, 0) is 29.5 Å². The highest BCUT2D eigenvalue weighted by atomic mass is 19.1. The zero-order valence-electron chi connectivity index (χ0n) is 12.8. The average Bonchev–Trinajstić information content (AvgIpc) is 3.34. The van der Waals surface area contributed by atoms with Gasteiger partial charge in [-0.15, -0.1) is 0 Å². The monoisotopic (exact) mass is 313 g/mol. The molecular weight excluding hydrogens is 293 g/mol. The molecule has 1 saturated carbocycles. The van der Waals surface area contributed by atoms with E-state index in [1.54, 1.807) is 18.2 Å². The molecule has 120 valence electrons. The molecule has 4 heteroatoms. The summed E-state index contributed by atoms with van der Waals surface area (Å²) in [6.45, 7) is 0.216. The minimum Gasteiger partial charge on any atom is -0.391 e. The van der Waals surface area contributed by atoms with Crippen molar-refractivity contribution in [2.75, 3.05) is 6.54 Å². The van der Waals surface area contributed by atoms with E-state index in [2.05, 4.69) is 5.32 Å². The maximum atomic E-state index is 13.7. The molecule has 0 saturated heterocycles. The second-order valence-electron chi connectivity index (χ2n) is 6.06. The van der Waals surface area contributed by atoms with Gasteiger partial charge in [0.05, 0.1) is 6.10 Å². The number of aliphatic hydroxyl groups is 1. The standard InChI is InChI=1S/C19H20FNO2/c20-18-9-5-4-8-15(18)16-11-17(16)19(23)21-12-14(22)10-13-6-2-1-3-7-13/h1-9,14,16-17,22H,10-12H2,(H,21,23). The lowest BCUT2D eigenvalue weighted by Crippen LogP contribution is -2.34. The summed E-state index contributed by atoms with van der Waals surface area (Å²) >= 11 is 0. The zero-order chi connectivity index (χ0) is 16.2. The highest BCUT2D eigenvalue weighted by molar-refractivity contribution is 5.82. The van der Waals surface area contributed by atoms with E-state index in [0.29, 0.717) is 18.4 Å². The second kappa shape index (κ2) is 6.92. The molecule has 3 unspecified atom stereocenters. The number of amides is 1. The van der Waals surface area contributed by atoms with Crippen molar-refractivity contribution in [3.63, 3.8) is 0 Å². The lowest BCUT2D eigenvalue weighted by Gasteiger charge is -2.12. The van der Waals surface area contributed by atoms with Crippen LogP contribution in [0.4, 0.5) is 4.39 Å². The highest BCUT2D eigenvalue weighted by Gasteiger charge is 2.45. The van der Waals surface area contributed by atoms with Crippen molar-refractivity contribution >= 4 is 5.91 Å². The van der Waals surface area contributed by atoms with E-state index >= 15 is 0 Å². The van der Waals surface area contributed by atoms with Crippen molar-refractivity contribution < 1.29 is 14.3 Å². The minimum absolute atomic E-state index is 0.0394. The first-order valence-corrected chi connectivity index (χ1v) is 7.89. The van der Waals surface area contributed by atoms with Gasteiger partial charge in [0, 0.05) is 18.9 Å². The Morgan fingerprint density at radius 1 is 1.17 bits per heavy atom. The first-order valence-electron chi connectivity index (χ1n) is 7.89. The lowest BCUT2D eigenvalue weighted by molar-refractivity contribution is -0.122. The van der Waals surface area contributed by atoms with Crippen LogP contribution in [0.2, 0.25) is 0 Å². The van der Waals surface area contributed by atoms with Crippen molar-refractivity contribution in [1.82, 2.24) is 5.32 Å². The van der Waals surface area contributed by atoms with Gasteiger partial charge in [-0.2, -0.15) is 0 Å². The maximum absolute atomic E-state index is 13.7. The van der Waals surface area contributed by atoms with E-state index in [1.165, 1.54) is 6.07 Å². The smallest absolute Gasteiger partial charge is 0.223 e. The van der Waals surface area contributed by atoms with Crippen LogP contribution in [0.1, 0.15) is 23.5 Å². The van der Waals surface area contributed by atoms with Crippen molar-refractivity contribution in [3.8, 4) is 0 Å². The largest absolute Gasteiger partial charge is 0.391 e. The Morgan fingerprint density at radius 3 is 2.61 bits per heavy atom. The zero-order valence-corrected chi connectivity index (χ0v) is 12.8. The fourth-order valence-corrected chi connectivity index (χ4v) is 2.91. The third-order valence-corrected chi connectivity index (χ3v) is 4.26. The van der Waals surface area contributed by atoms with Crippen LogP contribution < -0.4 is 5.32 Å². The van der Waals surface area contributed by atoms with Crippen LogP contribution in [0.3, 0.4) is 0 Å². The topological polar surface area (TPSA) is 49.3 Å². The Bertz CT molecular complexity index is 674. The van der Waals surface area contributed by atoms with E-state index in [1.807, 2.05) is 30.3 Å². The molecule has 0 aromatic heterocycles. The number of carbonyl (C=O) groups excluding carboxylic acids is 1.